The highest BCUT2D eigenvalue weighted by molar-refractivity contribution is 6.17. The number of aromatic nitrogens is 1. The summed E-state index contributed by atoms with van der Waals surface area (Å²) in [5, 5.41) is 3.65. The van der Waals surface area contributed by atoms with Crippen molar-refractivity contribution < 1.29 is 13.7 Å². The van der Waals surface area contributed by atoms with Crippen molar-refractivity contribution >= 4 is 21.5 Å². The number of ether oxygens (including phenoxy) is 1. The average molecular weight is 499 g/mol. The van der Waals surface area contributed by atoms with Gasteiger partial charge in [-0.05, 0) is 52.9 Å². The van der Waals surface area contributed by atoms with Crippen LogP contribution >= 0.6 is 0 Å². The molecule has 0 amide bonds. The third-order valence-electron chi connectivity index (χ3n) is 7.36. The van der Waals surface area contributed by atoms with E-state index in [0.717, 1.165) is 55.2 Å². The number of fused-ring (bicyclic) bond motifs is 3. The van der Waals surface area contributed by atoms with Crippen molar-refractivity contribution in [3.8, 4) is 33.5 Å². The van der Waals surface area contributed by atoms with Gasteiger partial charge in [0.1, 0.15) is 12.9 Å². The number of nitrogens with zero attached hydrogens (tertiary/aromatic N) is 1. The summed E-state index contributed by atoms with van der Waals surface area (Å²) in [6.07, 6.45) is 2.08. The van der Waals surface area contributed by atoms with Gasteiger partial charge in [-0.15, -0.1) is 0 Å². The molecule has 0 aliphatic rings. The van der Waals surface area contributed by atoms with Gasteiger partial charge in [-0.3, -0.25) is 0 Å². The molecule has 38 heavy (non-hydrogen) atoms. The Morgan fingerprint density at radius 1 is 0.684 bits per heavy atom. The summed E-state index contributed by atoms with van der Waals surface area (Å²) >= 11 is 0. The van der Waals surface area contributed by atoms with Crippen LogP contribution in [0.25, 0.3) is 55.1 Å². The van der Waals surface area contributed by atoms with Crippen molar-refractivity contribution in [3.63, 3.8) is 0 Å². The van der Waals surface area contributed by atoms with Gasteiger partial charge >= 0.3 is 0 Å². The highest BCUT2D eigenvalue weighted by Gasteiger charge is 2.22. The summed E-state index contributed by atoms with van der Waals surface area (Å²) in [5.74, 6) is -0.215. The second-order valence-electron chi connectivity index (χ2n) is 9.82. The molecule has 0 aliphatic heterocycles. The van der Waals surface area contributed by atoms with Gasteiger partial charge in [-0.1, -0.05) is 84.4 Å². The monoisotopic (exact) mass is 498 g/mol. The fourth-order valence-corrected chi connectivity index (χ4v) is 5.61. The highest BCUT2D eigenvalue weighted by Crippen LogP contribution is 2.41. The largest absolute Gasteiger partial charge is 0.380 e. The molecule has 6 aromatic rings. The van der Waals surface area contributed by atoms with Gasteiger partial charge in [-0.2, -0.15) is 0 Å². The van der Waals surface area contributed by atoms with Crippen molar-refractivity contribution in [1.29, 1.82) is 0 Å². The lowest BCUT2D eigenvalue weighted by atomic mass is 9.88. The zero-order valence-electron chi connectivity index (χ0n) is 21.8. The Morgan fingerprint density at radius 2 is 1.42 bits per heavy atom. The Labute approximate surface area is 222 Å². The molecule has 2 nitrogen and oxygen atoms in total. The van der Waals surface area contributed by atoms with Crippen LogP contribution in [0.3, 0.4) is 0 Å². The Bertz CT molecular complexity index is 1810. The summed E-state index contributed by atoms with van der Waals surface area (Å²) in [5.41, 5.74) is 8.89. The molecule has 0 aliphatic carbocycles. The molecule has 0 unspecified atom stereocenters. The molecular formula is C35H29FNO+. The number of rotatable bonds is 5. The first-order valence-corrected chi connectivity index (χ1v) is 12.8. The second-order valence-corrected chi connectivity index (χ2v) is 9.82. The number of methoxy groups -OCH3 is 1. The molecule has 0 N–H and O–H groups in total. The highest BCUT2D eigenvalue weighted by atomic mass is 19.1. The molecule has 1 heterocycles. The van der Waals surface area contributed by atoms with Gasteiger partial charge in [0.05, 0.1) is 17.6 Å². The fraction of sp³-hybridized carbons (Fsp3) is 0.114. The average Bonchev–Trinajstić information content (AvgIpc) is 2.95. The molecule has 0 fully saturated rings. The SMILES string of the molecule is COCc1ccc(C)cc1-c1c2ccc3c(F)ccc(-c4ccccc4-c4ccccc4)c3c2cc[n+]1C. The molecule has 0 atom stereocenters. The van der Waals surface area contributed by atoms with Gasteiger partial charge in [0, 0.05) is 29.3 Å². The summed E-state index contributed by atoms with van der Waals surface area (Å²) in [7, 11) is 3.79. The first-order chi connectivity index (χ1) is 18.6. The second kappa shape index (κ2) is 9.85. The Morgan fingerprint density at radius 3 is 2.21 bits per heavy atom. The van der Waals surface area contributed by atoms with Crippen LogP contribution in [-0.4, -0.2) is 7.11 Å². The zero-order chi connectivity index (χ0) is 26.2. The van der Waals surface area contributed by atoms with Gasteiger partial charge in [0.15, 0.2) is 6.20 Å². The Balaban J connectivity index is 1.71. The molecule has 0 saturated carbocycles. The van der Waals surface area contributed by atoms with Crippen LogP contribution in [-0.2, 0) is 18.4 Å². The van der Waals surface area contributed by atoms with Crippen LogP contribution in [0.1, 0.15) is 11.1 Å². The predicted molar refractivity (Wildman–Crippen MR) is 154 cm³/mol. The summed E-state index contributed by atoms with van der Waals surface area (Å²) in [6.45, 7) is 2.62. The van der Waals surface area contributed by atoms with Crippen LogP contribution in [0.15, 0.2) is 109 Å². The normalized spacial score (nSPS) is 11.4. The van der Waals surface area contributed by atoms with Gasteiger partial charge < -0.3 is 4.74 Å². The number of pyridine rings is 1. The third kappa shape index (κ3) is 4.06. The molecule has 3 heteroatoms. The van der Waals surface area contributed by atoms with Gasteiger partial charge in [0.25, 0.3) is 0 Å². The molecule has 5 aromatic carbocycles. The van der Waals surface area contributed by atoms with E-state index in [-0.39, 0.29) is 5.82 Å². The number of aryl methyl sites for hydroxylation is 2. The first-order valence-electron chi connectivity index (χ1n) is 12.8. The van der Waals surface area contributed by atoms with E-state index >= 15 is 4.39 Å². The maximum atomic E-state index is 15.3. The van der Waals surface area contributed by atoms with Crippen molar-refractivity contribution in [2.24, 2.45) is 7.05 Å². The third-order valence-corrected chi connectivity index (χ3v) is 7.36. The molecule has 1 aromatic heterocycles. The quantitative estimate of drug-likeness (QED) is 0.172. The van der Waals surface area contributed by atoms with E-state index < -0.39 is 0 Å². The number of halogens is 1. The molecular weight excluding hydrogens is 469 g/mol. The van der Waals surface area contributed by atoms with Crippen molar-refractivity contribution in [3.05, 3.63) is 126 Å². The van der Waals surface area contributed by atoms with E-state index in [1.165, 1.54) is 5.56 Å². The topological polar surface area (TPSA) is 13.1 Å². The van der Waals surface area contributed by atoms with E-state index in [1.54, 1.807) is 13.2 Å². The lowest BCUT2D eigenvalue weighted by Gasteiger charge is -2.16. The Kier molecular flexibility index (Phi) is 6.22. The smallest absolute Gasteiger partial charge is 0.220 e. The lowest BCUT2D eigenvalue weighted by Crippen LogP contribution is -2.31. The minimum Gasteiger partial charge on any atom is -0.380 e. The molecule has 0 spiro atoms. The minimum atomic E-state index is -0.215. The zero-order valence-corrected chi connectivity index (χ0v) is 21.8. The van der Waals surface area contributed by atoms with Crippen molar-refractivity contribution in [1.82, 2.24) is 0 Å². The standard InChI is InChI=1S/C35H29FNO/c1-23-13-14-25(22-38-3)32(21-23)35-30-15-16-31-33(36)18-17-28(34(31)29(30)19-20-37(35)2)27-12-8-7-11-26(27)24-9-5-4-6-10-24/h4-21H,22H2,1-3H3/q+1. The van der Waals surface area contributed by atoms with Crippen LogP contribution in [0.2, 0.25) is 0 Å². The fourth-order valence-electron chi connectivity index (χ4n) is 5.61. The van der Waals surface area contributed by atoms with E-state index in [1.807, 2.05) is 18.2 Å². The van der Waals surface area contributed by atoms with Crippen LogP contribution in [0.4, 0.5) is 4.39 Å². The van der Waals surface area contributed by atoms with Crippen molar-refractivity contribution in [2.45, 2.75) is 13.5 Å². The van der Waals surface area contributed by atoms with E-state index in [4.69, 9.17) is 4.74 Å². The van der Waals surface area contributed by atoms with Gasteiger partial charge in [0.2, 0.25) is 5.69 Å². The minimum absolute atomic E-state index is 0.215. The van der Waals surface area contributed by atoms with Crippen molar-refractivity contribution in [2.75, 3.05) is 7.11 Å². The van der Waals surface area contributed by atoms with Crippen LogP contribution in [0, 0.1) is 12.7 Å². The predicted octanol–water partition coefficient (Wildman–Crippen LogP) is 8.41. The van der Waals surface area contributed by atoms with Crippen LogP contribution < -0.4 is 4.57 Å². The number of hydrogen-bond donors (Lipinski definition) is 0. The number of hydrogen-bond acceptors (Lipinski definition) is 1. The molecule has 0 radical (unpaired) electrons. The van der Waals surface area contributed by atoms with Gasteiger partial charge in [-0.25, -0.2) is 8.96 Å². The summed E-state index contributed by atoms with van der Waals surface area (Å²) in [4.78, 5) is 0. The maximum absolute atomic E-state index is 15.3. The number of benzene rings is 5. The Hall–Kier alpha value is -4.34. The first kappa shape index (κ1) is 24.0. The van der Waals surface area contributed by atoms with Crippen LogP contribution in [0.5, 0.6) is 0 Å². The maximum Gasteiger partial charge on any atom is 0.220 e. The summed E-state index contributed by atoms with van der Waals surface area (Å²) in [6, 6.07) is 34.8. The molecule has 0 bridgehead atoms. The van der Waals surface area contributed by atoms with E-state index in [2.05, 4.69) is 104 Å². The van der Waals surface area contributed by atoms with E-state index in [0.29, 0.717) is 12.0 Å². The molecule has 186 valence electrons. The van der Waals surface area contributed by atoms with E-state index in [9.17, 15) is 0 Å². The molecule has 6 rings (SSSR count). The summed E-state index contributed by atoms with van der Waals surface area (Å²) < 4.78 is 23.0. The lowest BCUT2D eigenvalue weighted by molar-refractivity contribution is -0.659. The molecule has 0 saturated heterocycles.